The van der Waals surface area contributed by atoms with Crippen LogP contribution in [0.3, 0.4) is 0 Å². The molecule has 0 spiro atoms. The average molecular weight is 284 g/mol. The molecule has 0 radical (unpaired) electrons. The van der Waals surface area contributed by atoms with Crippen LogP contribution in [0.25, 0.3) is 0 Å². The first kappa shape index (κ1) is 13.5. The lowest BCUT2D eigenvalue weighted by molar-refractivity contribution is 0.458. The number of para-hydroxylation sites is 1. The quantitative estimate of drug-likeness (QED) is 0.818. The number of H-pyrrole nitrogens is 1. The Morgan fingerprint density at radius 3 is 2.84 bits per heavy atom. The maximum Gasteiger partial charge on any atom is 0.245 e. The van der Waals surface area contributed by atoms with Crippen LogP contribution in [0, 0.1) is 5.82 Å². The van der Waals surface area contributed by atoms with E-state index in [4.69, 9.17) is 5.73 Å². The van der Waals surface area contributed by atoms with Crippen molar-refractivity contribution in [2.24, 2.45) is 0 Å². The number of sulfonamides is 1. The number of nitrogens with zero attached hydrogens (tertiary/aromatic N) is 2. The molecule has 0 amide bonds. The molecule has 0 atom stereocenters. The molecule has 0 unspecified atom stereocenters. The Labute approximate surface area is 110 Å². The fourth-order valence-electron chi connectivity index (χ4n) is 1.59. The molecule has 102 valence electrons. The molecule has 0 saturated carbocycles. The summed E-state index contributed by atoms with van der Waals surface area (Å²) in [6.07, 6.45) is 3.11. The van der Waals surface area contributed by atoms with Crippen LogP contribution in [0.2, 0.25) is 0 Å². The van der Waals surface area contributed by atoms with Gasteiger partial charge >= 0.3 is 0 Å². The third kappa shape index (κ3) is 2.59. The fraction of sp³-hybridized carbons (Fsp3) is 0.182. The summed E-state index contributed by atoms with van der Waals surface area (Å²) in [5.74, 6) is -0.270. The van der Waals surface area contributed by atoms with Gasteiger partial charge in [0.05, 0.1) is 12.2 Å². The first-order chi connectivity index (χ1) is 8.93. The van der Waals surface area contributed by atoms with Gasteiger partial charge in [-0.15, -0.1) is 0 Å². The zero-order valence-electron chi connectivity index (χ0n) is 10.2. The molecule has 0 aliphatic carbocycles. The van der Waals surface area contributed by atoms with Crippen molar-refractivity contribution < 1.29 is 12.8 Å². The predicted molar refractivity (Wildman–Crippen MR) is 68.1 cm³/mol. The standard InChI is InChI=1S/C11H13FN4O2S/c1-16(7-10-14-5-6-15-10)19(17,18)9-4-2-3-8(12)11(9)13/h2-6H,7,13H2,1H3,(H,14,15). The van der Waals surface area contributed by atoms with Gasteiger partial charge in [-0.1, -0.05) is 6.07 Å². The highest BCUT2D eigenvalue weighted by Gasteiger charge is 2.25. The van der Waals surface area contributed by atoms with Crippen LogP contribution in [-0.2, 0) is 16.6 Å². The topological polar surface area (TPSA) is 92.1 Å². The van der Waals surface area contributed by atoms with E-state index in [1.54, 1.807) is 6.20 Å². The lowest BCUT2D eigenvalue weighted by Gasteiger charge is -2.17. The van der Waals surface area contributed by atoms with E-state index < -0.39 is 15.8 Å². The molecule has 19 heavy (non-hydrogen) atoms. The Balaban J connectivity index is 2.34. The van der Waals surface area contributed by atoms with E-state index in [2.05, 4.69) is 9.97 Å². The fourth-order valence-corrected chi connectivity index (χ4v) is 2.84. The lowest BCUT2D eigenvalue weighted by atomic mass is 10.3. The third-order valence-corrected chi connectivity index (χ3v) is 4.49. The van der Waals surface area contributed by atoms with Crippen molar-refractivity contribution in [1.29, 1.82) is 0 Å². The highest BCUT2D eigenvalue weighted by molar-refractivity contribution is 7.89. The Kier molecular flexibility index (Phi) is 3.54. The molecule has 1 aromatic heterocycles. The Morgan fingerprint density at radius 2 is 2.21 bits per heavy atom. The van der Waals surface area contributed by atoms with Crippen LogP contribution in [0.1, 0.15) is 5.82 Å². The van der Waals surface area contributed by atoms with E-state index in [0.717, 1.165) is 10.4 Å². The first-order valence-corrected chi connectivity index (χ1v) is 6.85. The summed E-state index contributed by atoms with van der Waals surface area (Å²) in [5, 5.41) is 0. The zero-order chi connectivity index (χ0) is 14.0. The van der Waals surface area contributed by atoms with Crippen LogP contribution in [0.15, 0.2) is 35.5 Å². The van der Waals surface area contributed by atoms with Crippen LogP contribution in [0.4, 0.5) is 10.1 Å². The van der Waals surface area contributed by atoms with Crippen molar-refractivity contribution in [2.75, 3.05) is 12.8 Å². The lowest BCUT2D eigenvalue weighted by Crippen LogP contribution is -2.27. The van der Waals surface area contributed by atoms with Gasteiger partial charge in [0.1, 0.15) is 16.5 Å². The Bertz CT molecular complexity index is 670. The molecule has 8 heteroatoms. The van der Waals surface area contributed by atoms with Crippen LogP contribution in [-0.4, -0.2) is 29.7 Å². The Morgan fingerprint density at radius 1 is 1.47 bits per heavy atom. The largest absolute Gasteiger partial charge is 0.395 e. The number of nitrogens with two attached hydrogens (primary N) is 1. The number of nitrogen functional groups attached to an aromatic ring is 1. The zero-order valence-corrected chi connectivity index (χ0v) is 11.0. The van der Waals surface area contributed by atoms with Gasteiger partial charge in [0.15, 0.2) is 0 Å². The third-order valence-electron chi connectivity index (χ3n) is 2.63. The van der Waals surface area contributed by atoms with Crippen LogP contribution < -0.4 is 5.73 Å². The average Bonchev–Trinajstić information content (AvgIpc) is 2.85. The monoisotopic (exact) mass is 284 g/mol. The molecule has 0 aliphatic rings. The molecule has 0 aliphatic heterocycles. The molecule has 2 rings (SSSR count). The number of hydrogen-bond acceptors (Lipinski definition) is 4. The molecule has 0 fully saturated rings. The summed E-state index contributed by atoms with van der Waals surface area (Å²) in [6, 6.07) is 3.69. The van der Waals surface area contributed by atoms with Crippen LogP contribution >= 0.6 is 0 Å². The highest BCUT2D eigenvalue weighted by atomic mass is 32.2. The normalized spacial score (nSPS) is 11.9. The van der Waals surface area contributed by atoms with E-state index in [1.165, 1.54) is 25.4 Å². The van der Waals surface area contributed by atoms with Gasteiger partial charge in [0.25, 0.3) is 0 Å². The molecule has 1 heterocycles. The van der Waals surface area contributed by atoms with Crippen molar-refractivity contribution in [3.05, 3.63) is 42.2 Å². The molecule has 0 saturated heterocycles. The number of rotatable bonds is 4. The van der Waals surface area contributed by atoms with Gasteiger partial charge < -0.3 is 10.7 Å². The van der Waals surface area contributed by atoms with Crippen molar-refractivity contribution >= 4 is 15.7 Å². The Hall–Kier alpha value is -1.93. The van der Waals surface area contributed by atoms with Gasteiger partial charge in [-0.05, 0) is 12.1 Å². The molecular weight excluding hydrogens is 271 g/mol. The van der Waals surface area contributed by atoms with Gasteiger partial charge in [-0.3, -0.25) is 0 Å². The molecule has 0 bridgehead atoms. The van der Waals surface area contributed by atoms with Crippen molar-refractivity contribution in [2.45, 2.75) is 11.4 Å². The van der Waals surface area contributed by atoms with Gasteiger partial charge in [0.2, 0.25) is 10.0 Å². The van der Waals surface area contributed by atoms with Crippen molar-refractivity contribution in [1.82, 2.24) is 14.3 Å². The van der Waals surface area contributed by atoms with E-state index in [9.17, 15) is 12.8 Å². The molecule has 3 N–H and O–H groups in total. The van der Waals surface area contributed by atoms with Gasteiger partial charge in [0, 0.05) is 19.4 Å². The van der Waals surface area contributed by atoms with Crippen molar-refractivity contribution in [3.8, 4) is 0 Å². The number of nitrogens with one attached hydrogen (secondary N) is 1. The second-order valence-corrected chi connectivity index (χ2v) is 5.96. The number of anilines is 1. The summed E-state index contributed by atoms with van der Waals surface area (Å²) in [4.78, 5) is 6.48. The summed E-state index contributed by atoms with van der Waals surface area (Å²) < 4.78 is 38.9. The molecular formula is C11H13FN4O2S. The van der Waals surface area contributed by atoms with E-state index in [0.29, 0.717) is 5.82 Å². The minimum atomic E-state index is -3.86. The van der Waals surface area contributed by atoms with E-state index >= 15 is 0 Å². The predicted octanol–water partition coefficient (Wildman–Crippen LogP) is 0.952. The maximum absolute atomic E-state index is 13.3. The minimum absolute atomic E-state index is 0.0469. The van der Waals surface area contributed by atoms with E-state index in [-0.39, 0.29) is 17.1 Å². The smallest absolute Gasteiger partial charge is 0.245 e. The number of hydrogen-bond donors (Lipinski definition) is 2. The number of halogens is 1. The summed E-state index contributed by atoms with van der Waals surface area (Å²) in [6.45, 7) is 0.0469. The molecule has 6 nitrogen and oxygen atoms in total. The summed E-state index contributed by atoms with van der Waals surface area (Å²) in [7, 11) is -2.48. The minimum Gasteiger partial charge on any atom is -0.395 e. The maximum atomic E-state index is 13.3. The van der Waals surface area contributed by atoms with Gasteiger partial charge in [-0.2, -0.15) is 4.31 Å². The molecule has 1 aromatic carbocycles. The molecule has 2 aromatic rings. The highest BCUT2D eigenvalue weighted by Crippen LogP contribution is 2.24. The summed E-state index contributed by atoms with van der Waals surface area (Å²) >= 11 is 0. The number of imidazole rings is 1. The van der Waals surface area contributed by atoms with Crippen LogP contribution in [0.5, 0.6) is 0 Å². The first-order valence-electron chi connectivity index (χ1n) is 5.41. The number of aromatic amines is 1. The van der Waals surface area contributed by atoms with Gasteiger partial charge in [-0.25, -0.2) is 17.8 Å². The second-order valence-electron chi connectivity index (χ2n) is 3.95. The number of benzene rings is 1. The summed E-state index contributed by atoms with van der Waals surface area (Å²) in [5.41, 5.74) is 5.09. The second kappa shape index (κ2) is 4.98. The SMILES string of the molecule is CN(Cc1ncc[nH]1)S(=O)(=O)c1cccc(F)c1N. The van der Waals surface area contributed by atoms with E-state index in [1.807, 2.05) is 0 Å². The number of aromatic nitrogens is 2. The van der Waals surface area contributed by atoms with Crippen molar-refractivity contribution in [3.63, 3.8) is 0 Å².